The Morgan fingerprint density at radius 2 is 1.95 bits per heavy atom. The number of nitrogens with two attached hydrogens (primary N) is 1. The lowest BCUT2D eigenvalue weighted by molar-refractivity contribution is 0.0807. The van der Waals surface area contributed by atoms with Crippen molar-refractivity contribution in [1.82, 2.24) is 0 Å². The minimum absolute atomic E-state index is 0.156. The topological polar surface area (TPSA) is 78.8 Å². The van der Waals surface area contributed by atoms with Gasteiger partial charge in [0, 0.05) is 17.7 Å². The maximum atomic E-state index is 10.5. The Hall–Kier alpha value is -1.83. The minimum Gasteiger partial charge on any atom is -0.411 e. The molecule has 0 bridgehead atoms. The van der Waals surface area contributed by atoms with Gasteiger partial charge in [-0.1, -0.05) is 55.8 Å². The lowest BCUT2D eigenvalue weighted by atomic mass is 9.93. The molecule has 4 N–H and O–H groups in total. The molecule has 1 rings (SSSR count). The molecule has 114 valence electrons. The second kappa shape index (κ2) is 8.46. The molecule has 0 radical (unpaired) electrons. The monoisotopic (exact) mass is 288 g/mol. The summed E-state index contributed by atoms with van der Waals surface area (Å²) in [4.78, 5) is 0. The van der Waals surface area contributed by atoms with Crippen LogP contribution >= 0.6 is 0 Å². The third-order valence-electron chi connectivity index (χ3n) is 3.28. The van der Waals surface area contributed by atoms with Gasteiger partial charge in [-0.05, 0) is 25.0 Å². The zero-order valence-electron chi connectivity index (χ0n) is 12.8. The van der Waals surface area contributed by atoms with Gasteiger partial charge in [-0.3, -0.25) is 0 Å². The van der Waals surface area contributed by atoms with E-state index in [1.807, 2.05) is 38.1 Å². The van der Waals surface area contributed by atoms with Crippen molar-refractivity contribution in [2.75, 3.05) is 6.54 Å². The molecule has 0 atom stereocenters. The van der Waals surface area contributed by atoms with Crippen molar-refractivity contribution in [3.05, 3.63) is 35.4 Å². The molecule has 21 heavy (non-hydrogen) atoms. The maximum absolute atomic E-state index is 10.5. The number of aliphatic hydroxyl groups is 1. The van der Waals surface area contributed by atoms with Gasteiger partial charge in [0.15, 0.2) is 0 Å². The molecular weight excluding hydrogens is 264 g/mol. The summed E-state index contributed by atoms with van der Waals surface area (Å²) >= 11 is 0. The molecule has 0 saturated heterocycles. The molecule has 0 saturated carbocycles. The standard InChI is InChI=1S/C17H24N2O2/c1-3-9-17(20,10-4-2)11-8-14-6-5-7-15(12-14)16(13-18)19-21/h5-7,12,20-21H,3-4,9-10,13,18H2,1-2H3. The first-order valence-corrected chi connectivity index (χ1v) is 7.35. The molecule has 0 heterocycles. The number of benzene rings is 1. The molecule has 0 unspecified atom stereocenters. The first-order valence-electron chi connectivity index (χ1n) is 7.35. The van der Waals surface area contributed by atoms with Crippen molar-refractivity contribution in [3.8, 4) is 11.8 Å². The molecule has 0 spiro atoms. The van der Waals surface area contributed by atoms with Crippen molar-refractivity contribution in [1.29, 1.82) is 0 Å². The minimum atomic E-state index is -0.929. The van der Waals surface area contributed by atoms with Crippen molar-refractivity contribution in [2.24, 2.45) is 10.9 Å². The number of hydrogen-bond donors (Lipinski definition) is 3. The van der Waals surface area contributed by atoms with Crippen LogP contribution in [0.1, 0.15) is 50.7 Å². The van der Waals surface area contributed by atoms with E-state index in [4.69, 9.17) is 10.9 Å². The molecule has 0 amide bonds. The molecular formula is C17H24N2O2. The highest BCUT2D eigenvalue weighted by Crippen LogP contribution is 2.18. The SMILES string of the molecule is CCCC(O)(C#Cc1cccc(C(CN)=NO)c1)CCC. The second-order valence-electron chi connectivity index (χ2n) is 5.11. The Morgan fingerprint density at radius 1 is 1.29 bits per heavy atom. The lowest BCUT2D eigenvalue weighted by Crippen LogP contribution is -2.25. The van der Waals surface area contributed by atoms with E-state index >= 15 is 0 Å². The van der Waals surface area contributed by atoms with E-state index in [9.17, 15) is 5.11 Å². The van der Waals surface area contributed by atoms with E-state index in [0.29, 0.717) is 18.6 Å². The fourth-order valence-electron chi connectivity index (χ4n) is 2.26. The average Bonchev–Trinajstić information content (AvgIpc) is 2.48. The quantitative estimate of drug-likeness (QED) is 0.326. The van der Waals surface area contributed by atoms with Crippen LogP contribution in [-0.4, -0.2) is 28.2 Å². The Bertz CT molecular complexity index is 535. The van der Waals surface area contributed by atoms with Gasteiger partial charge in [0.2, 0.25) is 0 Å². The summed E-state index contributed by atoms with van der Waals surface area (Å²) in [5, 5.41) is 22.6. The van der Waals surface area contributed by atoms with Crippen LogP contribution in [0.4, 0.5) is 0 Å². The van der Waals surface area contributed by atoms with Crippen molar-refractivity contribution in [3.63, 3.8) is 0 Å². The Kier molecular flexibility index (Phi) is 6.93. The van der Waals surface area contributed by atoms with Crippen LogP contribution in [0.15, 0.2) is 29.4 Å². The molecule has 0 aliphatic carbocycles. The van der Waals surface area contributed by atoms with E-state index in [0.717, 1.165) is 24.0 Å². The van der Waals surface area contributed by atoms with Gasteiger partial charge >= 0.3 is 0 Å². The van der Waals surface area contributed by atoms with Crippen LogP contribution in [0.25, 0.3) is 0 Å². The van der Waals surface area contributed by atoms with Crippen molar-refractivity contribution >= 4 is 5.71 Å². The van der Waals surface area contributed by atoms with Gasteiger partial charge < -0.3 is 16.0 Å². The van der Waals surface area contributed by atoms with Crippen molar-refractivity contribution in [2.45, 2.75) is 45.1 Å². The predicted molar refractivity (Wildman–Crippen MR) is 85.5 cm³/mol. The van der Waals surface area contributed by atoms with E-state index in [1.54, 1.807) is 0 Å². The number of oxime groups is 1. The summed E-state index contributed by atoms with van der Waals surface area (Å²) in [7, 11) is 0. The van der Waals surface area contributed by atoms with Gasteiger partial charge in [-0.15, -0.1) is 0 Å². The van der Waals surface area contributed by atoms with Crippen LogP contribution in [0.3, 0.4) is 0 Å². The van der Waals surface area contributed by atoms with Gasteiger partial charge in [-0.25, -0.2) is 0 Å². The number of nitrogens with zero attached hydrogens (tertiary/aromatic N) is 1. The number of hydrogen-bond acceptors (Lipinski definition) is 4. The van der Waals surface area contributed by atoms with Gasteiger partial charge in [0.05, 0.1) is 0 Å². The second-order valence-corrected chi connectivity index (χ2v) is 5.11. The zero-order chi connectivity index (χ0) is 15.7. The summed E-state index contributed by atoms with van der Waals surface area (Å²) in [5.74, 6) is 6.01. The molecule has 1 aromatic rings. The van der Waals surface area contributed by atoms with Gasteiger partial charge in [-0.2, -0.15) is 0 Å². The Balaban J connectivity index is 3.03. The summed E-state index contributed by atoms with van der Waals surface area (Å²) in [5.41, 5.74) is 6.51. The van der Waals surface area contributed by atoms with Crippen LogP contribution in [0.5, 0.6) is 0 Å². The van der Waals surface area contributed by atoms with Gasteiger partial charge in [0.1, 0.15) is 11.3 Å². The van der Waals surface area contributed by atoms with Crippen LogP contribution in [0, 0.1) is 11.8 Å². The predicted octanol–water partition coefficient (Wildman–Crippen LogP) is 2.51. The Labute approximate surface area is 126 Å². The third kappa shape index (κ3) is 5.22. The first-order chi connectivity index (χ1) is 10.1. The molecule has 1 aromatic carbocycles. The smallest absolute Gasteiger partial charge is 0.125 e. The molecule has 0 aliphatic rings. The summed E-state index contributed by atoms with van der Waals surface area (Å²) in [6.45, 7) is 4.23. The highest BCUT2D eigenvalue weighted by atomic mass is 16.4. The van der Waals surface area contributed by atoms with E-state index in [-0.39, 0.29) is 6.54 Å². The number of rotatable bonds is 6. The lowest BCUT2D eigenvalue weighted by Gasteiger charge is -2.20. The fourth-order valence-corrected chi connectivity index (χ4v) is 2.26. The molecule has 4 heteroatoms. The molecule has 4 nitrogen and oxygen atoms in total. The maximum Gasteiger partial charge on any atom is 0.125 e. The summed E-state index contributed by atoms with van der Waals surface area (Å²) < 4.78 is 0. The van der Waals surface area contributed by atoms with Crippen LogP contribution in [-0.2, 0) is 0 Å². The van der Waals surface area contributed by atoms with E-state index in [2.05, 4.69) is 17.0 Å². The van der Waals surface area contributed by atoms with E-state index in [1.165, 1.54) is 0 Å². The average molecular weight is 288 g/mol. The normalized spacial score (nSPS) is 11.9. The fraction of sp³-hybridized carbons (Fsp3) is 0.471. The molecule has 0 aromatic heterocycles. The highest BCUT2D eigenvalue weighted by Gasteiger charge is 2.21. The Morgan fingerprint density at radius 3 is 2.48 bits per heavy atom. The first kappa shape index (κ1) is 17.2. The van der Waals surface area contributed by atoms with Crippen molar-refractivity contribution < 1.29 is 10.3 Å². The zero-order valence-corrected chi connectivity index (χ0v) is 12.8. The van der Waals surface area contributed by atoms with E-state index < -0.39 is 5.60 Å². The highest BCUT2D eigenvalue weighted by molar-refractivity contribution is 6.01. The van der Waals surface area contributed by atoms with Crippen LogP contribution < -0.4 is 5.73 Å². The summed E-state index contributed by atoms with van der Waals surface area (Å²) in [6.07, 6.45) is 3.11. The van der Waals surface area contributed by atoms with Crippen LogP contribution in [0.2, 0.25) is 0 Å². The molecule has 0 fully saturated rings. The largest absolute Gasteiger partial charge is 0.411 e. The summed E-state index contributed by atoms with van der Waals surface area (Å²) in [6, 6.07) is 7.32. The molecule has 0 aliphatic heterocycles. The van der Waals surface area contributed by atoms with Gasteiger partial charge in [0.25, 0.3) is 0 Å². The third-order valence-corrected chi connectivity index (χ3v) is 3.28.